The molecule has 2 heterocycles. The van der Waals surface area contributed by atoms with Crippen molar-refractivity contribution in [2.75, 3.05) is 19.3 Å². The largest absolute Gasteiger partial charge is 0.355 e. The van der Waals surface area contributed by atoms with Crippen LogP contribution in [-0.2, 0) is 23.8 Å². The molecule has 0 radical (unpaired) electrons. The van der Waals surface area contributed by atoms with Gasteiger partial charge >= 0.3 is 0 Å². The van der Waals surface area contributed by atoms with Gasteiger partial charge in [0.25, 0.3) is 0 Å². The van der Waals surface area contributed by atoms with E-state index in [1.165, 1.54) is 0 Å². The van der Waals surface area contributed by atoms with Crippen LogP contribution in [0.15, 0.2) is 4.99 Å². The molecule has 1 aromatic rings. The predicted molar refractivity (Wildman–Crippen MR) is 110 cm³/mol. The van der Waals surface area contributed by atoms with Crippen molar-refractivity contribution in [3.05, 3.63) is 11.6 Å². The van der Waals surface area contributed by atoms with Gasteiger partial charge in [0.05, 0.1) is 6.54 Å². The third kappa shape index (κ3) is 5.98. The van der Waals surface area contributed by atoms with Gasteiger partial charge in [-0.25, -0.2) is 9.67 Å². The number of aromatic nitrogens is 3. The average molecular weight is 468 g/mol. The van der Waals surface area contributed by atoms with Gasteiger partial charge in [-0.15, -0.1) is 24.0 Å². The Morgan fingerprint density at radius 3 is 2.79 bits per heavy atom. The standard InChI is InChI=1S/C15H28N6OS.HI/c1-11-18-13-7-6-12(10-21(13)20-11)19-14(16-5)17-8-9-23(22)15(2,3)4;/h12H,6-10H2,1-5H3,(H2,16,17,19);1H. The minimum Gasteiger partial charge on any atom is -0.355 e. The lowest BCUT2D eigenvalue weighted by atomic mass is 10.1. The van der Waals surface area contributed by atoms with Gasteiger partial charge in [0.1, 0.15) is 11.6 Å². The molecule has 1 aliphatic heterocycles. The van der Waals surface area contributed by atoms with Crippen LogP contribution in [0.5, 0.6) is 0 Å². The van der Waals surface area contributed by atoms with Crippen LogP contribution in [0.3, 0.4) is 0 Å². The van der Waals surface area contributed by atoms with Gasteiger partial charge in [0, 0.05) is 47.4 Å². The Hall–Kier alpha value is -0.710. The van der Waals surface area contributed by atoms with Crippen LogP contribution in [0.2, 0.25) is 0 Å². The molecule has 1 aromatic heterocycles. The van der Waals surface area contributed by atoms with Gasteiger partial charge in [0.2, 0.25) is 0 Å². The maximum absolute atomic E-state index is 12.1. The first-order valence-electron chi connectivity index (χ1n) is 8.05. The number of nitrogens with zero attached hydrogens (tertiary/aromatic N) is 4. The van der Waals surface area contributed by atoms with Crippen LogP contribution in [0.25, 0.3) is 0 Å². The summed E-state index contributed by atoms with van der Waals surface area (Å²) in [5.41, 5.74) is 0. The zero-order valence-electron chi connectivity index (χ0n) is 15.1. The van der Waals surface area contributed by atoms with E-state index in [2.05, 4.69) is 25.7 Å². The molecule has 0 saturated carbocycles. The minimum atomic E-state index is -0.857. The van der Waals surface area contributed by atoms with Crippen LogP contribution in [0.4, 0.5) is 0 Å². The third-order valence-electron chi connectivity index (χ3n) is 3.79. The van der Waals surface area contributed by atoms with Crippen molar-refractivity contribution >= 4 is 40.7 Å². The Morgan fingerprint density at radius 1 is 1.46 bits per heavy atom. The molecule has 0 fully saturated rings. The van der Waals surface area contributed by atoms with Crippen molar-refractivity contribution in [1.82, 2.24) is 25.4 Å². The molecule has 0 aromatic carbocycles. The molecule has 2 rings (SSSR count). The molecule has 7 nitrogen and oxygen atoms in total. The second kappa shape index (κ2) is 9.12. The number of guanidine groups is 1. The first-order valence-corrected chi connectivity index (χ1v) is 9.37. The molecule has 0 spiro atoms. The van der Waals surface area contributed by atoms with E-state index in [0.717, 1.165) is 37.0 Å². The molecule has 0 amide bonds. The van der Waals surface area contributed by atoms with Gasteiger partial charge in [-0.2, -0.15) is 5.10 Å². The molecule has 9 heteroatoms. The van der Waals surface area contributed by atoms with Crippen molar-refractivity contribution in [1.29, 1.82) is 0 Å². The van der Waals surface area contributed by atoms with Crippen molar-refractivity contribution in [2.24, 2.45) is 4.99 Å². The van der Waals surface area contributed by atoms with E-state index in [9.17, 15) is 4.21 Å². The lowest BCUT2D eigenvalue weighted by molar-refractivity contribution is 0.392. The Morgan fingerprint density at radius 2 is 2.17 bits per heavy atom. The highest BCUT2D eigenvalue weighted by atomic mass is 127. The number of aliphatic imine (C=N–C) groups is 1. The molecule has 0 bridgehead atoms. The van der Waals surface area contributed by atoms with E-state index in [1.54, 1.807) is 7.05 Å². The van der Waals surface area contributed by atoms with E-state index in [0.29, 0.717) is 12.3 Å². The molecule has 24 heavy (non-hydrogen) atoms. The fraction of sp³-hybridized carbons (Fsp3) is 0.800. The summed E-state index contributed by atoms with van der Waals surface area (Å²) in [7, 11) is 0.897. The lowest BCUT2D eigenvalue weighted by Gasteiger charge is -2.25. The van der Waals surface area contributed by atoms with Crippen LogP contribution >= 0.6 is 24.0 Å². The summed E-state index contributed by atoms with van der Waals surface area (Å²) < 4.78 is 13.8. The highest BCUT2D eigenvalue weighted by molar-refractivity contribution is 14.0. The zero-order chi connectivity index (χ0) is 17.0. The zero-order valence-corrected chi connectivity index (χ0v) is 18.3. The average Bonchev–Trinajstić information content (AvgIpc) is 2.84. The lowest BCUT2D eigenvalue weighted by Crippen LogP contribution is -2.48. The molecule has 138 valence electrons. The summed E-state index contributed by atoms with van der Waals surface area (Å²) in [6, 6.07) is 0.280. The number of hydrogen-bond donors (Lipinski definition) is 2. The number of halogens is 1. The summed E-state index contributed by atoms with van der Waals surface area (Å²) in [6.07, 6.45) is 1.93. The van der Waals surface area contributed by atoms with Crippen LogP contribution < -0.4 is 10.6 Å². The summed E-state index contributed by atoms with van der Waals surface area (Å²) in [4.78, 5) is 8.67. The monoisotopic (exact) mass is 468 g/mol. The number of rotatable bonds is 4. The van der Waals surface area contributed by atoms with E-state index in [4.69, 9.17) is 0 Å². The fourth-order valence-electron chi connectivity index (χ4n) is 2.51. The van der Waals surface area contributed by atoms with Crippen molar-refractivity contribution in [3.8, 4) is 0 Å². The first-order chi connectivity index (χ1) is 10.8. The highest BCUT2D eigenvalue weighted by Gasteiger charge is 2.22. The van der Waals surface area contributed by atoms with Crippen molar-refractivity contribution < 1.29 is 4.21 Å². The predicted octanol–water partition coefficient (Wildman–Crippen LogP) is 1.23. The Balaban J connectivity index is 0.00000288. The quantitative estimate of drug-likeness (QED) is 0.395. The van der Waals surface area contributed by atoms with E-state index < -0.39 is 10.8 Å². The molecule has 2 N–H and O–H groups in total. The van der Waals surface area contributed by atoms with E-state index in [1.807, 2.05) is 32.4 Å². The molecule has 0 aliphatic carbocycles. The van der Waals surface area contributed by atoms with Crippen LogP contribution in [-0.4, -0.2) is 55.1 Å². The molecule has 2 unspecified atom stereocenters. The van der Waals surface area contributed by atoms with Crippen LogP contribution in [0, 0.1) is 6.92 Å². The smallest absolute Gasteiger partial charge is 0.191 e. The summed E-state index contributed by atoms with van der Waals surface area (Å²) in [5, 5.41) is 11.1. The van der Waals surface area contributed by atoms with E-state index in [-0.39, 0.29) is 34.8 Å². The normalized spacial score (nSPS) is 19.2. The first kappa shape index (κ1) is 21.3. The Kier molecular flexibility index (Phi) is 8.10. The van der Waals surface area contributed by atoms with Gasteiger partial charge in [-0.1, -0.05) is 0 Å². The van der Waals surface area contributed by atoms with Gasteiger partial charge in [-0.3, -0.25) is 9.20 Å². The van der Waals surface area contributed by atoms with Crippen LogP contribution in [0.1, 0.15) is 38.8 Å². The maximum Gasteiger partial charge on any atom is 0.191 e. The SMILES string of the molecule is CN=C(NCCS(=O)C(C)(C)C)NC1CCc2nc(C)nn2C1.I. The van der Waals surface area contributed by atoms with Crippen molar-refractivity contribution in [2.45, 2.75) is 57.9 Å². The third-order valence-corrected chi connectivity index (χ3v) is 5.73. The Labute approximate surface area is 164 Å². The molecule has 1 aliphatic rings. The van der Waals surface area contributed by atoms with Crippen molar-refractivity contribution in [3.63, 3.8) is 0 Å². The van der Waals surface area contributed by atoms with Gasteiger partial charge in [0.15, 0.2) is 5.96 Å². The topological polar surface area (TPSA) is 84.2 Å². The number of fused-ring (bicyclic) bond motifs is 1. The van der Waals surface area contributed by atoms with E-state index >= 15 is 0 Å². The number of aryl methyl sites for hydroxylation is 2. The number of nitrogens with one attached hydrogen (secondary N) is 2. The fourth-order valence-corrected chi connectivity index (χ4v) is 3.41. The molecular weight excluding hydrogens is 439 g/mol. The Bertz CT molecular complexity index is 595. The second-order valence-electron chi connectivity index (χ2n) is 6.80. The minimum absolute atomic E-state index is 0. The summed E-state index contributed by atoms with van der Waals surface area (Å²) in [5.74, 6) is 3.25. The second-order valence-corrected chi connectivity index (χ2v) is 9.12. The summed E-state index contributed by atoms with van der Waals surface area (Å²) >= 11 is 0. The van der Waals surface area contributed by atoms with Gasteiger partial charge < -0.3 is 10.6 Å². The molecule has 0 saturated heterocycles. The van der Waals surface area contributed by atoms with Gasteiger partial charge in [-0.05, 0) is 34.1 Å². The maximum atomic E-state index is 12.1. The molecule has 2 atom stereocenters. The molecular formula is C15H29IN6OS. The highest BCUT2D eigenvalue weighted by Crippen LogP contribution is 2.13. The summed E-state index contributed by atoms with van der Waals surface area (Å²) in [6.45, 7) is 9.35. The number of hydrogen-bond acceptors (Lipinski definition) is 4.